The summed E-state index contributed by atoms with van der Waals surface area (Å²) < 4.78 is 0. The molecule has 2 aromatic carbocycles. The van der Waals surface area contributed by atoms with Crippen molar-refractivity contribution in [3.8, 4) is 5.75 Å². The number of hydrogen-bond donors (Lipinski definition) is 6. The number of aromatic hydroxyl groups is 1. The highest BCUT2D eigenvalue weighted by Crippen LogP contribution is 2.52. The van der Waals surface area contributed by atoms with Crippen LogP contribution in [-0.4, -0.2) is 80.9 Å². The number of carbonyl (C=O) groups excluding carboxylic acids is 4. The molecule has 2 aromatic rings. The number of likely N-dealkylation sites (N-methyl/N-ethyl adjacent to an activating group) is 1. The molecule has 4 atom stereocenters. The summed E-state index contributed by atoms with van der Waals surface area (Å²) in [6.45, 7) is -0.0812. The van der Waals surface area contributed by atoms with Crippen LogP contribution in [-0.2, 0) is 16.0 Å². The molecule has 0 unspecified atom stereocenters. The highest BCUT2D eigenvalue weighted by atomic mass is 16.3. The molecule has 0 saturated carbocycles. The summed E-state index contributed by atoms with van der Waals surface area (Å²) in [5.41, 5.74) is 2.51. The van der Waals surface area contributed by atoms with Crippen LogP contribution < -0.4 is 11.1 Å². The van der Waals surface area contributed by atoms with Gasteiger partial charge in [-0.1, -0.05) is 18.2 Å². The third kappa shape index (κ3) is 3.89. The Morgan fingerprint density at radius 3 is 2.38 bits per heavy atom. The number of hydrogen-bond acceptors (Lipinski definition) is 10. The van der Waals surface area contributed by atoms with Crippen molar-refractivity contribution < 1.29 is 39.6 Å². The first-order chi connectivity index (χ1) is 18.9. The van der Waals surface area contributed by atoms with Gasteiger partial charge < -0.3 is 31.5 Å². The molecule has 0 saturated heterocycles. The van der Waals surface area contributed by atoms with E-state index in [1.807, 2.05) is 18.2 Å². The number of fused-ring (bicyclic) bond motifs is 3. The lowest BCUT2D eigenvalue weighted by atomic mass is 9.58. The topological polar surface area (TPSA) is 190 Å². The summed E-state index contributed by atoms with van der Waals surface area (Å²) in [6, 6.07) is 10.6. The molecule has 0 spiro atoms. The first kappa shape index (κ1) is 27.1. The SMILES string of the molecule is CN(C)[C@@H]1C(O)=C(C(N)=O)C(=O)[C@@]2(O)C(O)=C3C(=O)c4c(O)ccc(C(=O)CNc5ccccc5)c4C[C@H]3C[C@@H]12. The number of anilines is 1. The predicted molar refractivity (Wildman–Crippen MR) is 143 cm³/mol. The quantitative estimate of drug-likeness (QED) is 0.228. The number of nitrogens with two attached hydrogens (primary N) is 1. The summed E-state index contributed by atoms with van der Waals surface area (Å²) in [4.78, 5) is 53.9. The van der Waals surface area contributed by atoms with Crippen molar-refractivity contribution in [2.24, 2.45) is 17.6 Å². The van der Waals surface area contributed by atoms with Crippen molar-refractivity contribution in [2.45, 2.75) is 24.5 Å². The normalized spacial score (nSPS) is 25.9. The number of Topliss-reactive ketones (excluding diaryl/α,β-unsaturated/α-hetero) is 3. The Morgan fingerprint density at radius 1 is 1.07 bits per heavy atom. The zero-order valence-electron chi connectivity index (χ0n) is 21.8. The number of rotatable bonds is 6. The Kier molecular flexibility index (Phi) is 6.51. The van der Waals surface area contributed by atoms with Crippen LogP contribution in [0.1, 0.15) is 32.7 Å². The Morgan fingerprint density at radius 2 is 1.75 bits per heavy atom. The Hall–Kier alpha value is -4.48. The van der Waals surface area contributed by atoms with Crippen LogP contribution >= 0.6 is 0 Å². The lowest BCUT2D eigenvalue weighted by Gasteiger charge is -2.50. The number of para-hydroxylation sites is 1. The largest absolute Gasteiger partial charge is 0.510 e. The van der Waals surface area contributed by atoms with Crippen molar-refractivity contribution in [2.75, 3.05) is 26.0 Å². The predicted octanol–water partition coefficient (Wildman–Crippen LogP) is 1.42. The monoisotopic (exact) mass is 547 g/mol. The van der Waals surface area contributed by atoms with E-state index in [2.05, 4.69) is 5.32 Å². The van der Waals surface area contributed by atoms with E-state index in [-0.39, 0.29) is 47.4 Å². The smallest absolute Gasteiger partial charge is 0.255 e. The summed E-state index contributed by atoms with van der Waals surface area (Å²) >= 11 is 0. The number of phenols is 1. The Labute approximate surface area is 229 Å². The van der Waals surface area contributed by atoms with Gasteiger partial charge in [0.1, 0.15) is 22.8 Å². The zero-order valence-corrected chi connectivity index (χ0v) is 21.8. The minimum atomic E-state index is -2.72. The van der Waals surface area contributed by atoms with Gasteiger partial charge in [-0.2, -0.15) is 0 Å². The molecule has 11 nitrogen and oxygen atoms in total. The standard InChI is InChI=1S/C29H29N3O8/c1-32(2)23-17-11-13-10-16-15(19(34)12-31-14-6-4-3-5-7-14)8-9-18(33)21(16)24(35)20(13)26(37)29(17,40)27(38)22(25(23)36)28(30)39/h3-9,13,17,23,31,33,36-37,40H,10-12H2,1-2H3,(H2,30,39)/t13-,17-,23-,29-/m0/s1. The number of primary amides is 1. The molecule has 208 valence electrons. The van der Waals surface area contributed by atoms with Gasteiger partial charge in [0, 0.05) is 22.7 Å². The second kappa shape index (κ2) is 9.61. The minimum absolute atomic E-state index is 0.0371. The van der Waals surface area contributed by atoms with E-state index in [9.17, 15) is 39.6 Å². The lowest BCUT2D eigenvalue weighted by molar-refractivity contribution is -0.148. The number of ketones is 3. The molecular weight excluding hydrogens is 518 g/mol. The Bertz CT molecular complexity index is 1530. The number of amides is 1. The van der Waals surface area contributed by atoms with E-state index in [1.165, 1.54) is 17.0 Å². The van der Waals surface area contributed by atoms with Crippen molar-refractivity contribution in [3.63, 3.8) is 0 Å². The summed E-state index contributed by atoms with van der Waals surface area (Å²) in [5, 5.41) is 47.5. The molecule has 3 aliphatic carbocycles. The highest BCUT2D eigenvalue weighted by molar-refractivity contribution is 6.25. The van der Waals surface area contributed by atoms with Crippen molar-refractivity contribution >= 4 is 28.9 Å². The van der Waals surface area contributed by atoms with Crippen LogP contribution in [0.25, 0.3) is 0 Å². The number of allylic oxidation sites excluding steroid dienone is 1. The van der Waals surface area contributed by atoms with Gasteiger partial charge in [-0.15, -0.1) is 0 Å². The number of nitrogens with zero attached hydrogens (tertiary/aromatic N) is 1. The molecular formula is C29H29N3O8. The van der Waals surface area contributed by atoms with Gasteiger partial charge in [-0.05, 0) is 62.7 Å². The number of nitrogens with one attached hydrogen (secondary N) is 1. The van der Waals surface area contributed by atoms with Gasteiger partial charge >= 0.3 is 0 Å². The maximum Gasteiger partial charge on any atom is 0.255 e. The van der Waals surface area contributed by atoms with Crippen LogP contribution in [0, 0.1) is 11.8 Å². The van der Waals surface area contributed by atoms with E-state index in [0.717, 1.165) is 5.69 Å². The van der Waals surface area contributed by atoms with Crippen molar-refractivity contribution in [3.05, 3.63) is 81.8 Å². The molecule has 0 aromatic heterocycles. The highest BCUT2D eigenvalue weighted by Gasteiger charge is 2.63. The number of carbonyl (C=O) groups is 4. The summed E-state index contributed by atoms with van der Waals surface area (Å²) in [7, 11) is 3.11. The van der Waals surface area contributed by atoms with E-state index in [4.69, 9.17) is 5.73 Å². The average molecular weight is 548 g/mol. The number of aliphatic hydroxyl groups is 3. The molecule has 3 aliphatic rings. The third-order valence-electron chi connectivity index (χ3n) is 8.13. The molecule has 0 radical (unpaired) electrons. The minimum Gasteiger partial charge on any atom is -0.510 e. The van der Waals surface area contributed by atoms with Gasteiger partial charge in [-0.3, -0.25) is 24.1 Å². The molecule has 11 heteroatoms. The van der Waals surface area contributed by atoms with E-state index >= 15 is 0 Å². The Balaban J connectivity index is 1.60. The molecule has 0 fully saturated rings. The molecule has 0 bridgehead atoms. The second-order valence-electron chi connectivity index (χ2n) is 10.6. The number of aliphatic hydroxyl groups excluding tert-OH is 2. The summed E-state index contributed by atoms with van der Waals surface area (Å²) in [6.07, 6.45) is -0.0212. The average Bonchev–Trinajstić information content (AvgIpc) is 2.89. The van der Waals surface area contributed by atoms with Gasteiger partial charge in [0.2, 0.25) is 5.78 Å². The molecule has 1 amide bonds. The molecule has 0 heterocycles. The third-order valence-corrected chi connectivity index (χ3v) is 8.13. The van der Waals surface area contributed by atoms with E-state index in [0.29, 0.717) is 0 Å². The van der Waals surface area contributed by atoms with E-state index in [1.54, 1.807) is 26.2 Å². The molecule has 5 rings (SSSR count). The fourth-order valence-corrected chi connectivity index (χ4v) is 6.35. The van der Waals surface area contributed by atoms with Gasteiger partial charge in [-0.25, -0.2) is 0 Å². The van der Waals surface area contributed by atoms with Crippen LogP contribution in [0.5, 0.6) is 5.75 Å². The number of phenolic OH excluding ortho intramolecular Hbond substituents is 1. The molecule has 0 aliphatic heterocycles. The van der Waals surface area contributed by atoms with Gasteiger partial charge in [0.15, 0.2) is 17.2 Å². The van der Waals surface area contributed by atoms with Crippen LogP contribution in [0.3, 0.4) is 0 Å². The first-order valence-electron chi connectivity index (χ1n) is 12.7. The van der Waals surface area contributed by atoms with Crippen LogP contribution in [0.4, 0.5) is 5.69 Å². The molecule has 7 N–H and O–H groups in total. The maximum atomic E-state index is 13.8. The van der Waals surface area contributed by atoms with Crippen LogP contribution in [0.15, 0.2) is 65.1 Å². The summed E-state index contributed by atoms with van der Waals surface area (Å²) in [5.74, 6) is -7.68. The fraction of sp³-hybridized carbons (Fsp3) is 0.310. The molecule has 40 heavy (non-hydrogen) atoms. The van der Waals surface area contributed by atoms with Gasteiger partial charge in [0.25, 0.3) is 5.91 Å². The van der Waals surface area contributed by atoms with Crippen LogP contribution in [0.2, 0.25) is 0 Å². The van der Waals surface area contributed by atoms with Crippen molar-refractivity contribution in [1.29, 1.82) is 0 Å². The zero-order chi connectivity index (χ0) is 29.1. The second-order valence-corrected chi connectivity index (χ2v) is 10.6. The maximum absolute atomic E-state index is 13.8. The van der Waals surface area contributed by atoms with Gasteiger partial charge in [0.05, 0.1) is 18.2 Å². The number of benzene rings is 2. The lowest BCUT2D eigenvalue weighted by Crippen LogP contribution is -2.63. The van der Waals surface area contributed by atoms with E-state index < -0.39 is 63.8 Å². The fourth-order valence-electron chi connectivity index (χ4n) is 6.35. The first-order valence-corrected chi connectivity index (χ1v) is 12.7. The van der Waals surface area contributed by atoms with Crippen molar-refractivity contribution in [1.82, 2.24) is 4.90 Å².